The van der Waals surface area contributed by atoms with Crippen molar-refractivity contribution in [2.75, 3.05) is 5.73 Å². The maximum Gasteiger partial charge on any atom is 0.135 e. The molecule has 0 aliphatic rings. The number of rotatable bonds is 5. The van der Waals surface area contributed by atoms with Crippen molar-refractivity contribution in [2.24, 2.45) is 7.05 Å². The van der Waals surface area contributed by atoms with Crippen LogP contribution in [0.2, 0.25) is 10.0 Å². The van der Waals surface area contributed by atoms with Crippen LogP contribution < -0.4 is 10.5 Å². The molecule has 0 spiro atoms. The number of nitrogen functional groups attached to an aromatic ring is 1. The molecule has 6 nitrogen and oxygen atoms in total. The van der Waals surface area contributed by atoms with Crippen molar-refractivity contribution < 1.29 is 4.74 Å². The highest BCUT2D eigenvalue weighted by atomic mass is 35.5. The number of benzene rings is 2. The third kappa shape index (κ3) is 3.90. The van der Waals surface area contributed by atoms with Crippen LogP contribution in [0.5, 0.6) is 5.75 Å². The average molecular weight is 482 g/mol. The van der Waals surface area contributed by atoms with E-state index in [9.17, 15) is 0 Å². The van der Waals surface area contributed by atoms with Gasteiger partial charge in [-0.15, -0.1) is 11.3 Å². The Kier molecular flexibility index (Phi) is 5.46. The second-order valence-electron chi connectivity index (χ2n) is 7.20. The zero-order valence-corrected chi connectivity index (χ0v) is 19.2. The number of nitrogens with zero attached hydrogens (tertiary/aromatic N) is 4. The van der Waals surface area contributed by atoms with Crippen LogP contribution in [0.4, 0.5) is 5.82 Å². The first-order valence-electron chi connectivity index (χ1n) is 9.68. The third-order valence-corrected chi connectivity index (χ3v) is 6.84. The Morgan fingerprint density at radius 2 is 1.81 bits per heavy atom. The summed E-state index contributed by atoms with van der Waals surface area (Å²) in [5.74, 6) is 1.23. The Labute approximate surface area is 198 Å². The summed E-state index contributed by atoms with van der Waals surface area (Å²) >= 11 is 13.6. The Morgan fingerprint density at radius 1 is 1.00 bits per heavy atom. The van der Waals surface area contributed by atoms with Gasteiger partial charge in [0.2, 0.25) is 0 Å². The fourth-order valence-electron chi connectivity index (χ4n) is 3.43. The number of halogens is 2. The molecule has 9 heteroatoms. The minimum Gasteiger partial charge on any atom is -0.489 e. The van der Waals surface area contributed by atoms with Crippen LogP contribution in [0.1, 0.15) is 5.56 Å². The highest BCUT2D eigenvalue weighted by Crippen LogP contribution is 2.38. The van der Waals surface area contributed by atoms with Crippen LogP contribution in [0.15, 0.2) is 61.2 Å². The summed E-state index contributed by atoms with van der Waals surface area (Å²) in [6.07, 6.45) is 3.29. The quantitative estimate of drug-likeness (QED) is 0.322. The van der Waals surface area contributed by atoms with Crippen LogP contribution in [0, 0.1) is 0 Å². The minimum atomic E-state index is 0.398. The molecule has 5 aromatic rings. The van der Waals surface area contributed by atoms with E-state index in [0.29, 0.717) is 22.5 Å². The third-order valence-electron chi connectivity index (χ3n) is 5.05. The number of aryl methyl sites for hydroxylation is 1. The van der Waals surface area contributed by atoms with Crippen LogP contribution >= 0.6 is 34.5 Å². The first kappa shape index (κ1) is 20.8. The Balaban J connectivity index is 1.41. The molecule has 5 rings (SSSR count). The molecule has 2 N–H and O–H groups in total. The van der Waals surface area contributed by atoms with Crippen molar-refractivity contribution in [3.63, 3.8) is 0 Å². The molecular weight excluding hydrogens is 465 g/mol. The van der Waals surface area contributed by atoms with E-state index in [2.05, 4.69) is 15.0 Å². The van der Waals surface area contributed by atoms with Crippen LogP contribution in [-0.4, -0.2) is 19.5 Å². The molecule has 0 amide bonds. The summed E-state index contributed by atoms with van der Waals surface area (Å²) in [6.45, 7) is 0.398. The minimum absolute atomic E-state index is 0.398. The summed E-state index contributed by atoms with van der Waals surface area (Å²) in [5.41, 5.74) is 9.82. The van der Waals surface area contributed by atoms with Gasteiger partial charge in [-0.2, -0.15) is 0 Å². The molecule has 0 saturated heterocycles. The lowest BCUT2D eigenvalue weighted by Crippen LogP contribution is -1.95. The number of ether oxygens (including phenoxy) is 1. The van der Waals surface area contributed by atoms with Crippen molar-refractivity contribution in [1.29, 1.82) is 0 Å². The number of hydrogen-bond acceptors (Lipinski definition) is 6. The van der Waals surface area contributed by atoms with Crippen molar-refractivity contribution in [3.8, 4) is 27.6 Å². The smallest absolute Gasteiger partial charge is 0.135 e. The van der Waals surface area contributed by atoms with E-state index < -0.39 is 0 Å². The molecule has 160 valence electrons. The van der Waals surface area contributed by atoms with Gasteiger partial charge in [0.25, 0.3) is 0 Å². The fourth-order valence-corrected chi connectivity index (χ4v) is 4.84. The second-order valence-corrected chi connectivity index (χ2v) is 9.05. The first-order chi connectivity index (χ1) is 15.5. The Morgan fingerprint density at radius 3 is 2.56 bits per heavy atom. The fraction of sp³-hybridized carbons (Fsp3) is 0.0870. The standard InChI is InChI=1S/C23H17Cl2N5OS/c1-30-12-29-20(21(30)19-9-16-22(26)27-11-28-23(16)32-19)14-3-5-15(6-4-14)31-10-13-2-7-17(24)18(25)8-13/h2-9,11-12H,10H2,1H3,(H2,26,27,28). The van der Waals surface area contributed by atoms with Gasteiger partial charge in [-0.1, -0.05) is 29.3 Å². The number of anilines is 1. The molecule has 0 aliphatic heterocycles. The zero-order valence-electron chi connectivity index (χ0n) is 16.9. The maximum atomic E-state index is 6.08. The molecule has 0 aliphatic carbocycles. The predicted octanol–water partition coefficient (Wildman–Crippen LogP) is 6.23. The molecule has 0 fully saturated rings. The summed E-state index contributed by atoms with van der Waals surface area (Å²) in [5, 5.41) is 1.89. The van der Waals surface area contributed by atoms with Gasteiger partial charge >= 0.3 is 0 Å². The van der Waals surface area contributed by atoms with Crippen molar-refractivity contribution in [2.45, 2.75) is 6.61 Å². The molecule has 0 bridgehead atoms. The first-order valence-corrected chi connectivity index (χ1v) is 11.3. The summed E-state index contributed by atoms with van der Waals surface area (Å²) < 4.78 is 7.89. The molecule has 3 aromatic heterocycles. The number of imidazole rings is 1. The average Bonchev–Trinajstić information content (AvgIpc) is 3.39. The van der Waals surface area contributed by atoms with Crippen molar-refractivity contribution >= 4 is 50.6 Å². The van der Waals surface area contributed by atoms with Crippen LogP contribution in [0.25, 0.3) is 32.0 Å². The van der Waals surface area contributed by atoms with Gasteiger partial charge in [-0.3, -0.25) is 0 Å². The summed E-state index contributed by atoms with van der Waals surface area (Å²) in [7, 11) is 1.97. The van der Waals surface area contributed by atoms with Crippen LogP contribution in [-0.2, 0) is 13.7 Å². The van der Waals surface area contributed by atoms with Gasteiger partial charge in [0.1, 0.15) is 29.3 Å². The molecule has 0 atom stereocenters. The van der Waals surface area contributed by atoms with Gasteiger partial charge < -0.3 is 15.0 Å². The van der Waals surface area contributed by atoms with E-state index in [1.807, 2.05) is 48.0 Å². The van der Waals surface area contributed by atoms with Crippen molar-refractivity contribution in [1.82, 2.24) is 19.5 Å². The zero-order chi connectivity index (χ0) is 22.2. The lowest BCUT2D eigenvalue weighted by Gasteiger charge is -2.09. The number of hydrogen-bond donors (Lipinski definition) is 1. The maximum absolute atomic E-state index is 6.08. The van der Waals surface area contributed by atoms with Gasteiger partial charge in [0, 0.05) is 12.6 Å². The molecule has 0 unspecified atom stereocenters. The molecular formula is C23H17Cl2N5OS. The van der Waals surface area contributed by atoms with E-state index in [4.69, 9.17) is 33.7 Å². The Hall–Kier alpha value is -3.13. The largest absolute Gasteiger partial charge is 0.489 e. The molecule has 2 aromatic carbocycles. The highest BCUT2D eigenvalue weighted by molar-refractivity contribution is 7.21. The van der Waals surface area contributed by atoms with Gasteiger partial charge in [0.15, 0.2) is 0 Å². The summed E-state index contributed by atoms with van der Waals surface area (Å²) in [6, 6.07) is 15.3. The topological polar surface area (TPSA) is 78.9 Å². The van der Waals surface area contributed by atoms with Gasteiger partial charge in [0.05, 0.1) is 38.0 Å². The van der Waals surface area contributed by atoms with E-state index in [1.165, 1.54) is 6.33 Å². The normalized spacial score (nSPS) is 11.2. The Bertz CT molecular complexity index is 1430. The molecule has 0 saturated carbocycles. The molecule has 3 heterocycles. The molecule has 32 heavy (non-hydrogen) atoms. The van der Waals surface area contributed by atoms with Crippen molar-refractivity contribution in [3.05, 3.63) is 76.8 Å². The van der Waals surface area contributed by atoms with E-state index in [1.54, 1.807) is 29.8 Å². The number of fused-ring (bicyclic) bond motifs is 1. The lowest BCUT2D eigenvalue weighted by atomic mass is 10.1. The second kappa shape index (κ2) is 8.43. The van der Waals surface area contributed by atoms with E-state index in [0.717, 1.165) is 43.4 Å². The lowest BCUT2D eigenvalue weighted by molar-refractivity contribution is 0.306. The number of aromatic nitrogens is 4. The van der Waals surface area contributed by atoms with Crippen LogP contribution in [0.3, 0.4) is 0 Å². The van der Waals surface area contributed by atoms with E-state index in [-0.39, 0.29) is 0 Å². The van der Waals surface area contributed by atoms with Gasteiger partial charge in [-0.25, -0.2) is 15.0 Å². The number of thiophene rings is 1. The highest BCUT2D eigenvalue weighted by Gasteiger charge is 2.17. The number of nitrogens with two attached hydrogens (primary N) is 1. The predicted molar refractivity (Wildman–Crippen MR) is 130 cm³/mol. The monoisotopic (exact) mass is 481 g/mol. The van der Waals surface area contributed by atoms with Gasteiger partial charge in [-0.05, 0) is 48.0 Å². The molecule has 0 radical (unpaired) electrons. The van der Waals surface area contributed by atoms with E-state index >= 15 is 0 Å². The summed E-state index contributed by atoms with van der Waals surface area (Å²) in [4.78, 5) is 14.9. The SMILES string of the molecule is Cn1cnc(-c2ccc(OCc3ccc(Cl)c(Cl)c3)cc2)c1-c1cc2c(N)ncnc2s1.